The maximum atomic E-state index is 13.3. The number of carbonyl (C=O) groups is 1. The number of nitrogens with zero attached hydrogens (tertiary/aromatic N) is 2. The first-order valence-corrected chi connectivity index (χ1v) is 8.14. The second-order valence-electron chi connectivity index (χ2n) is 5.02. The molecule has 0 saturated heterocycles. The minimum Gasteiger partial charge on any atom is -0.477 e. The lowest BCUT2D eigenvalue weighted by Gasteiger charge is -2.28. The van der Waals surface area contributed by atoms with Gasteiger partial charge in [0.1, 0.15) is 5.82 Å². The molecule has 1 heterocycles. The van der Waals surface area contributed by atoms with E-state index in [0.717, 1.165) is 34.5 Å². The molecule has 0 aromatic heterocycles. The molecule has 0 radical (unpaired) electrons. The standard InChI is InChI=1S/C16H13FN2O4S/c17-11-5-6-12(19(21)22)14(9-11)23-10-16(20)18-7-8-24-15-4-2-1-3-13(15)18/h1-6,9H,7-8,10H2. The zero-order valence-corrected chi connectivity index (χ0v) is 13.3. The Bertz CT molecular complexity index is 799. The highest BCUT2D eigenvalue weighted by molar-refractivity contribution is 7.99. The summed E-state index contributed by atoms with van der Waals surface area (Å²) in [6, 6.07) is 10.4. The third-order valence-corrected chi connectivity index (χ3v) is 4.54. The van der Waals surface area contributed by atoms with Crippen molar-refractivity contribution in [3.63, 3.8) is 0 Å². The fourth-order valence-electron chi connectivity index (χ4n) is 2.40. The Hall–Kier alpha value is -2.61. The van der Waals surface area contributed by atoms with Gasteiger partial charge in [0.25, 0.3) is 5.91 Å². The Morgan fingerprint density at radius 3 is 2.92 bits per heavy atom. The number of hydrogen-bond donors (Lipinski definition) is 0. The Morgan fingerprint density at radius 2 is 2.12 bits per heavy atom. The SMILES string of the molecule is O=C(COc1cc(F)ccc1[N+](=O)[O-])N1CCSc2ccccc21. The lowest BCUT2D eigenvalue weighted by molar-refractivity contribution is -0.385. The Labute approximate surface area is 141 Å². The molecule has 0 aliphatic carbocycles. The van der Waals surface area contributed by atoms with E-state index in [1.165, 1.54) is 0 Å². The van der Waals surface area contributed by atoms with Crippen molar-refractivity contribution >= 4 is 29.0 Å². The van der Waals surface area contributed by atoms with Gasteiger partial charge in [-0.1, -0.05) is 12.1 Å². The van der Waals surface area contributed by atoms with Crippen LogP contribution in [0, 0.1) is 15.9 Å². The van der Waals surface area contributed by atoms with Gasteiger partial charge >= 0.3 is 5.69 Å². The van der Waals surface area contributed by atoms with Crippen molar-refractivity contribution < 1.29 is 18.8 Å². The first kappa shape index (κ1) is 16.3. The van der Waals surface area contributed by atoms with Crippen LogP contribution in [0.1, 0.15) is 0 Å². The molecule has 0 bridgehead atoms. The number of para-hydroxylation sites is 1. The predicted molar refractivity (Wildman–Crippen MR) is 88.1 cm³/mol. The van der Waals surface area contributed by atoms with Crippen molar-refractivity contribution in [1.29, 1.82) is 0 Å². The first-order chi connectivity index (χ1) is 11.6. The Kier molecular flexibility index (Phi) is 4.66. The van der Waals surface area contributed by atoms with E-state index in [9.17, 15) is 19.3 Å². The van der Waals surface area contributed by atoms with Crippen LogP contribution in [0.4, 0.5) is 15.8 Å². The number of amides is 1. The summed E-state index contributed by atoms with van der Waals surface area (Å²) in [6.45, 7) is 0.123. The van der Waals surface area contributed by atoms with Crippen LogP contribution in [0.25, 0.3) is 0 Å². The summed E-state index contributed by atoms with van der Waals surface area (Å²) in [7, 11) is 0. The third-order valence-electron chi connectivity index (χ3n) is 3.50. The van der Waals surface area contributed by atoms with Gasteiger partial charge in [0, 0.05) is 29.3 Å². The number of benzene rings is 2. The number of rotatable bonds is 4. The number of nitro benzene ring substituents is 1. The summed E-state index contributed by atoms with van der Waals surface area (Å²) in [6.07, 6.45) is 0. The summed E-state index contributed by atoms with van der Waals surface area (Å²) >= 11 is 1.66. The topological polar surface area (TPSA) is 72.7 Å². The van der Waals surface area contributed by atoms with Crippen LogP contribution in [0.15, 0.2) is 47.4 Å². The summed E-state index contributed by atoms with van der Waals surface area (Å²) in [4.78, 5) is 25.3. The monoisotopic (exact) mass is 348 g/mol. The maximum absolute atomic E-state index is 13.3. The van der Waals surface area contributed by atoms with E-state index < -0.39 is 17.3 Å². The third kappa shape index (κ3) is 3.33. The largest absolute Gasteiger partial charge is 0.477 e. The molecular weight excluding hydrogens is 335 g/mol. The van der Waals surface area contributed by atoms with E-state index in [1.807, 2.05) is 24.3 Å². The van der Waals surface area contributed by atoms with Crippen molar-refractivity contribution in [1.82, 2.24) is 0 Å². The average Bonchev–Trinajstić information content (AvgIpc) is 2.59. The zero-order chi connectivity index (χ0) is 17.1. The van der Waals surface area contributed by atoms with Gasteiger partial charge in [-0.15, -0.1) is 11.8 Å². The van der Waals surface area contributed by atoms with E-state index in [-0.39, 0.29) is 17.3 Å². The molecule has 1 aliphatic rings. The van der Waals surface area contributed by atoms with Crippen LogP contribution in [-0.4, -0.2) is 29.7 Å². The predicted octanol–water partition coefficient (Wildman–Crippen LogP) is 3.25. The average molecular weight is 348 g/mol. The summed E-state index contributed by atoms with van der Waals surface area (Å²) < 4.78 is 18.5. The fraction of sp³-hybridized carbons (Fsp3) is 0.188. The fourth-order valence-corrected chi connectivity index (χ4v) is 3.40. The first-order valence-electron chi connectivity index (χ1n) is 7.15. The van der Waals surface area contributed by atoms with Crippen LogP contribution in [0.5, 0.6) is 5.75 Å². The highest BCUT2D eigenvalue weighted by Crippen LogP contribution is 2.34. The van der Waals surface area contributed by atoms with Crippen molar-refractivity contribution in [2.24, 2.45) is 0 Å². The van der Waals surface area contributed by atoms with Crippen LogP contribution >= 0.6 is 11.8 Å². The second-order valence-corrected chi connectivity index (χ2v) is 6.16. The van der Waals surface area contributed by atoms with E-state index in [1.54, 1.807) is 16.7 Å². The molecule has 0 N–H and O–H groups in total. The second kappa shape index (κ2) is 6.88. The lowest BCUT2D eigenvalue weighted by atomic mass is 10.2. The number of thioether (sulfide) groups is 1. The van der Waals surface area contributed by atoms with Gasteiger partial charge in [0.15, 0.2) is 6.61 Å². The van der Waals surface area contributed by atoms with Gasteiger partial charge in [-0.2, -0.15) is 0 Å². The van der Waals surface area contributed by atoms with Crippen molar-refractivity contribution in [2.45, 2.75) is 4.90 Å². The summed E-state index contributed by atoms with van der Waals surface area (Å²) in [5, 5.41) is 10.9. The van der Waals surface area contributed by atoms with Gasteiger partial charge in [-0.05, 0) is 18.2 Å². The van der Waals surface area contributed by atoms with Crippen LogP contribution < -0.4 is 9.64 Å². The molecule has 0 unspecified atom stereocenters. The van der Waals surface area contributed by atoms with Crippen molar-refractivity contribution in [3.8, 4) is 5.75 Å². The Morgan fingerprint density at radius 1 is 1.33 bits per heavy atom. The Balaban J connectivity index is 1.76. The molecule has 0 saturated carbocycles. The molecule has 124 valence electrons. The van der Waals surface area contributed by atoms with Crippen molar-refractivity contribution in [2.75, 3.05) is 23.8 Å². The van der Waals surface area contributed by atoms with Gasteiger partial charge in [0.05, 0.1) is 10.6 Å². The zero-order valence-electron chi connectivity index (χ0n) is 12.5. The summed E-state index contributed by atoms with van der Waals surface area (Å²) in [5.41, 5.74) is 0.412. The van der Waals surface area contributed by atoms with E-state index >= 15 is 0 Å². The van der Waals surface area contributed by atoms with Crippen molar-refractivity contribution in [3.05, 3.63) is 58.4 Å². The van der Waals surface area contributed by atoms with Gasteiger partial charge in [0.2, 0.25) is 5.75 Å². The minimum atomic E-state index is -0.675. The van der Waals surface area contributed by atoms with E-state index in [2.05, 4.69) is 0 Å². The number of fused-ring (bicyclic) bond motifs is 1. The van der Waals surface area contributed by atoms with Gasteiger partial charge in [-0.25, -0.2) is 4.39 Å². The molecule has 0 fully saturated rings. The number of ether oxygens (including phenoxy) is 1. The molecule has 1 aliphatic heterocycles. The molecule has 0 spiro atoms. The molecule has 24 heavy (non-hydrogen) atoms. The van der Waals surface area contributed by atoms with Gasteiger partial charge < -0.3 is 9.64 Å². The number of anilines is 1. The van der Waals surface area contributed by atoms with Gasteiger partial charge in [-0.3, -0.25) is 14.9 Å². The highest BCUT2D eigenvalue weighted by atomic mass is 32.2. The molecule has 6 nitrogen and oxygen atoms in total. The quantitative estimate of drug-likeness (QED) is 0.626. The number of carbonyl (C=O) groups excluding carboxylic acids is 1. The highest BCUT2D eigenvalue weighted by Gasteiger charge is 2.24. The lowest BCUT2D eigenvalue weighted by Crippen LogP contribution is -2.38. The molecule has 2 aromatic carbocycles. The number of halogens is 1. The van der Waals surface area contributed by atoms with E-state index in [0.29, 0.717) is 6.54 Å². The smallest absolute Gasteiger partial charge is 0.311 e. The molecule has 0 atom stereocenters. The van der Waals surface area contributed by atoms with Crippen LogP contribution in [0.3, 0.4) is 0 Å². The molecule has 2 aromatic rings. The maximum Gasteiger partial charge on any atom is 0.311 e. The number of nitro groups is 1. The van der Waals surface area contributed by atoms with Crippen LogP contribution in [0.2, 0.25) is 0 Å². The normalized spacial score (nSPS) is 13.3. The minimum absolute atomic E-state index is 0.256. The molecule has 3 rings (SSSR count). The van der Waals surface area contributed by atoms with Crippen LogP contribution in [-0.2, 0) is 4.79 Å². The molecular formula is C16H13FN2O4S. The summed E-state index contributed by atoms with van der Waals surface area (Å²) in [5.74, 6) is -0.500. The van der Waals surface area contributed by atoms with E-state index in [4.69, 9.17) is 4.74 Å². The molecule has 8 heteroatoms. The number of hydrogen-bond acceptors (Lipinski definition) is 5. The molecule has 1 amide bonds.